The van der Waals surface area contributed by atoms with Gasteiger partial charge in [0, 0.05) is 18.7 Å². The molecule has 3 rings (SSSR count). The number of methoxy groups -OCH3 is 1. The topological polar surface area (TPSA) is 29.9 Å². The molecule has 108 valence electrons. The fourth-order valence-corrected chi connectivity index (χ4v) is 3.51. The Morgan fingerprint density at radius 3 is 2.90 bits per heavy atom. The summed E-state index contributed by atoms with van der Waals surface area (Å²) in [7, 11) is 1.48. The molecule has 1 heterocycles. The molecule has 20 heavy (non-hydrogen) atoms. The number of hydrogen-bond donors (Lipinski definition) is 1. The normalized spacial score (nSPS) is 22.6. The molecule has 2 atom stereocenters. The van der Waals surface area contributed by atoms with Gasteiger partial charge >= 0.3 is 0 Å². The molecule has 0 spiro atoms. The first-order valence-electron chi connectivity index (χ1n) is 7.06. The van der Waals surface area contributed by atoms with Gasteiger partial charge in [-0.25, -0.2) is 4.39 Å². The van der Waals surface area contributed by atoms with Crippen molar-refractivity contribution < 1.29 is 9.13 Å². The van der Waals surface area contributed by atoms with E-state index in [0.717, 1.165) is 23.5 Å². The quantitative estimate of drug-likeness (QED) is 0.856. The minimum absolute atomic E-state index is 0.264. The molecule has 1 aromatic carbocycles. The van der Waals surface area contributed by atoms with Gasteiger partial charge in [0.1, 0.15) is 0 Å². The van der Waals surface area contributed by atoms with Gasteiger partial charge < -0.3 is 14.3 Å². The number of fused-ring (bicyclic) bond motifs is 1. The summed E-state index contributed by atoms with van der Waals surface area (Å²) in [4.78, 5) is 3.09. The molecule has 0 saturated heterocycles. The number of aromatic amines is 1. The van der Waals surface area contributed by atoms with Crippen molar-refractivity contribution in [2.45, 2.75) is 32.7 Å². The van der Waals surface area contributed by atoms with Crippen molar-refractivity contribution in [2.24, 2.45) is 11.8 Å². The molecule has 0 bridgehead atoms. The summed E-state index contributed by atoms with van der Waals surface area (Å²) in [5, 5.41) is 0. The van der Waals surface area contributed by atoms with Crippen molar-refractivity contribution in [3.05, 3.63) is 22.7 Å². The van der Waals surface area contributed by atoms with Crippen molar-refractivity contribution in [3.8, 4) is 5.75 Å². The van der Waals surface area contributed by atoms with E-state index in [0.29, 0.717) is 10.7 Å². The van der Waals surface area contributed by atoms with Gasteiger partial charge in [-0.3, -0.25) is 0 Å². The van der Waals surface area contributed by atoms with Crippen LogP contribution in [0.1, 0.15) is 26.2 Å². The van der Waals surface area contributed by atoms with Gasteiger partial charge in [0.15, 0.2) is 16.3 Å². The molecular formula is C15H19FN2OS. The highest BCUT2D eigenvalue weighted by molar-refractivity contribution is 7.71. The maximum Gasteiger partial charge on any atom is 0.178 e. The van der Waals surface area contributed by atoms with Gasteiger partial charge in [-0.1, -0.05) is 19.8 Å². The molecule has 1 N–H and O–H groups in total. The lowest BCUT2D eigenvalue weighted by Crippen LogP contribution is -2.13. The van der Waals surface area contributed by atoms with E-state index in [1.54, 1.807) is 6.07 Å². The summed E-state index contributed by atoms with van der Waals surface area (Å²) < 4.78 is 21.6. The van der Waals surface area contributed by atoms with Crippen molar-refractivity contribution in [2.75, 3.05) is 7.11 Å². The van der Waals surface area contributed by atoms with Crippen LogP contribution in [0.3, 0.4) is 0 Å². The lowest BCUT2D eigenvalue weighted by Gasteiger charge is -2.16. The van der Waals surface area contributed by atoms with Crippen molar-refractivity contribution >= 4 is 23.3 Å². The van der Waals surface area contributed by atoms with Crippen molar-refractivity contribution in [1.29, 1.82) is 0 Å². The summed E-state index contributed by atoms with van der Waals surface area (Å²) in [5.41, 5.74) is 1.66. The second kappa shape index (κ2) is 5.20. The number of benzene rings is 1. The number of halogens is 1. The lowest BCUT2D eigenvalue weighted by atomic mass is 9.98. The zero-order chi connectivity index (χ0) is 14.3. The second-order valence-corrected chi connectivity index (χ2v) is 6.10. The number of H-pyrrole nitrogens is 1. The van der Waals surface area contributed by atoms with E-state index in [9.17, 15) is 4.39 Å². The van der Waals surface area contributed by atoms with E-state index in [2.05, 4.69) is 16.5 Å². The number of nitrogens with one attached hydrogen (secondary N) is 1. The summed E-state index contributed by atoms with van der Waals surface area (Å²) in [6.07, 6.45) is 3.83. The molecule has 0 aliphatic heterocycles. The van der Waals surface area contributed by atoms with E-state index in [1.165, 1.54) is 32.4 Å². The SMILES string of the molecule is COc1cc2c(cc1F)[nH]c(=S)n2CC1CCCC1C. The van der Waals surface area contributed by atoms with Crippen LogP contribution in [0.4, 0.5) is 4.39 Å². The Balaban J connectivity index is 2.05. The Morgan fingerprint density at radius 2 is 2.25 bits per heavy atom. The minimum atomic E-state index is -0.363. The zero-order valence-electron chi connectivity index (χ0n) is 11.8. The highest BCUT2D eigenvalue weighted by Gasteiger charge is 2.24. The number of hydrogen-bond acceptors (Lipinski definition) is 2. The van der Waals surface area contributed by atoms with Gasteiger partial charge in [0.05, 0.1) is 18.1 Å². The predicted molar refractivity (Wildman–Crippen MR) is 80.1 cm³/mol. The largest absolute Gasteiger partial charge is 0.494 e. The monoisotopic (exact) mass is 294 g/mol. The van der Waals surface area contributed by atoms with Crippen LogP contribution in [0.5, 0.6) is 5.75 Å². The number of imidazole rings is 1. The van der Waals surface area contributed by atoms with E-state index in [-0.39, 0.29) is 11.6 Å². The molecule has 3 nitrogen and oxygen atoms in total. The van der Waals surface area contributed by atoms with Crippen molar-refractivity contribution in [3.63, 3.8) is 0 Å². The van der Waals surface area contributed by atoms with Crippen molar-refractivity contribution in [1.82, 2.24) is 9.55 Å². The average Bonchev–Trinajstić information content (AvgIpc) is 2.94. The molecule has 1 aromatic heterocycles. The van der Waals surface area contributed by atoms with E-state index < -0.39 is 0 Å². The number of ether oxygens (including phenoxy) is 1. The Morgan fingerprint density at radius 1 is 1.45 bits per heavy atom. The number of rotatable bonds is 3. The smallest absolute Gasteiger partial charge is 0.178 e. The summed E-state index contributed by atoms with van der Waals surface area (Å²) in [6.45, 7) is 3.20. The lowest BCUT2D eigenvalue weighted by molar-refractivity contribution is 0.365. The van der Waals surface area contributed by atoms with Crippen LogP contribution < -0.4 is 4.74 Å². The molecule has 1 saturated carbocycles. The standard InChI is InChI=1S/C15H19FN2OS/c1-9-4-3-5-10(9)8-18-13-7-14(19-2)11(16)6-12(13)17-15(18)20/h6-7,9-10H,3-5,8H2,1-2H3,(H,17,20). The van der Waals surface area contributed by atoms with E-state index in [1.807, 2.05) is 0 Å². The van der Waals surface area contributed by atoms with Crippen LogP contribution in [-0.4, -0.2) is 16.7 Å². The van der Waals surface area contributed by atoms with Gasteiger partial charge in [-0.05, 0) is 30.5 Å². The molecule has 5 heteroatoms. The zero-order valence-corrected chi connectivity index (χ0v) is 12.6. The van der Waals surface area contributed by atoms with Gasteiger partial charge in [-0.2, -0.15) is 0 Å². The van der Waals surface area contributed by atoms with Crippen LogP contribution in [0.15, 0.2) is 12.1 Å². The summed E-state index contributed by atoms with van der Waals surface area (Å²) in [5.74, 6) is 1.28. The summed E-state index contributed by atoms with van der Waals surface area (Å²) in [6, 6.07) is 3.19. The molecule has 0 amide bonds. The molecular weight excluding hydrogens is 275 g/mol. The number of nitrogens with zero attached hydrogens (tertiary/aromatic N) is 1. The maximum absolute atomic E-state index is 13.7. The third-order valence-electron chi connectivity index (χ3n) is 4.50. The first kappa shape index (κ1) is 13.6. The minimum Gasteiger partial charge on any atom is -0.494 e. The molecule has 2 unspecified atom stereocenters. The van der Waals surface area contributed by atoms with Gasteiger partial charge in [0.25, 0.3) is 0 Å². The highest BCUT2D eigenvalue weighted by Crippen LogP contribution is 2.34. The Hall–Kier alpha value is -1.36. The third-order valence-corrected chi connectivity index (χ3v) is 4.83. The molecule has 2 aromatic rings. The molecule has 0 radical (unpaired) electrons. The predicted octanol–water partition coefficient (Wildman–Crippen LogP) is 4.28. The Bertz CT molecular complexity index is 691. The second-order valence-electron chi connectivity index (χ2n) is 5.71. The summed E-state index contributed by atoms with van der Waals surface area (Å²) >= 11 is 5.39. The molecule has 1 fully saturated rings. The first-order valence-corrected chi connectivity index (χ1v) is 7.47. The first-order chi connectivity index (χ1) is 9.60. The van der Waals surface area contributed by atoms with Crippen LogP contribution in [0, 0.1) is 22.4 Å². The highest BCUT2D eigenvalue weighted by atomic mass is 32.1. The Labute approximate surface area is 122 Å². The number of aromatic nitrogens is 2. The average molecular weight is 294 g/mol. The van der Waals surface area contributed by atoms with E-state index >= 15 is 0 Å². The molecule has 1 aliphatic rings. The van der Waals surface area contributed by atoms with E-state index in [4.69, 9.17) is 17.0 Å². The molecule has 1 aliphatic carbocycles. The maximum atomic E-state index is 13.7. The Kier molecular flexibility index (Phi) is 3.54. The van der Waals surface area contributed by atoms with Crippen LogP contribution in [0.25, 0.3) is 11.0 Å². The van der Waals surface area contributed by atoms with Gasteiger partial charge in [0.2, 0.25) is 0 Å². The van der Waals surface area contributed by atoms with Crippen LogP contribution in [-0.2, 0) is 6.54 Å². The fourth-order valence-electron chi connectivity index (χ4n) is 3.22. The van der Waals surface area contributed by atoms with Crippen LogP contribution >= 0.6 is 12.2 Å². The third kappa shape index (κ3) is 2.24. The van der Waals surface area contributed by atoms with Crippen LogP contribution in [0.2, 0.25) is 0 Å². The van der Waals surface area contributed by atoms with Gasteiger partial charge in [-0.15, -0.1) is 0 Å². The fraction of sp³-hybridized carbons (Fsp3) is 0.533.